The van der Waals surface area contributed by atoms with Crippen LogP contribution in [0.5, 0.6) is 5.75 Å². The Balaban J connectivity index is 1.42. The van der Waals surface area contributed by atoms with Crippen molar-refractivity contribution in [2.24, 2.45) is 0 Å². The standard InChI is InChI=1S/C20H23BrN2O2/c1-15(23-11-10-16-4-2-3-5-17(16)13-23)12-22-20(24)14-25-19-8-6-18(21)7-9-19/h2-9,15H,10-14H2,1H3,(H,22,24)/t15-/m1/s1. The molecular weight excluding hydrogens is 380 g/mol. The van der Waals surface area contributed by atoms with Crippen LogP contribution >= 0.6 is 15.9 Å². The summed E-state index contributed by atoms with van der Waals surface area (Å²) >= 11 is 3.37. The first kappa shape index (κ1) is 18.0. The van der Waals surface area contributed by atoms with E-state index in [1.807, 2.05) is 24.3 Å². The molecule has 1 aliphatic rings. The van der Waals surface area contributed by atoms with Gasteiger partial charge < -0.3 is 10.1 Å². The van der Waals surface area contributed by atoms with Crippen molar-refractivity contribution in [3.05, 3.63) is 64.1 Å². The van der Waals surface area contributed by atoms with Gasteiger partial charge >= 0.3 is 0 Å². The highest BCUT2D eigenvalue weighted by Gasteiger charge is 2.20. The molecule has 25 heavy (non-hydrogen) atoms. The summed E-state index contributed by atoms with van der Waals surface area (Å²) in [5.74, 6) is 0.603. The van der Waals surface area contributed by atoms with Gasteiger partial charge in [0.1, 0.15) is 5.75 Å². The van der Waals surface area contributed by atoms with E-state index in [4.69, 9.17) is 4.74 Å². The van der Waals surface area contributed by atoms with Crippen molar-refractivity contribution < 1.29 is 9.53 Å². The number of nitrogens with one attached hydrogen (secondary N) is 1. The second-order valence-electron chi connectivity index (χ2n) is 6.38. The Bertz CT molecular complexity index is 718. The van der Waals surface area contributed by atoms with Crippen LogP contribution in [0.1, 0.15) is 18.1 Å². The quantitative estimate of drug-likeness (QED) is 0.804. The number of rotatable bonds is 6. The summed E-state index contributed by atoms with van der Waals surface area (Å²) in [6.07, 6.45) is 1.07. The molecular formula is C20H23BrN2O2. The van der Waals surface area contributed by atoms with Crippen molar-refractivity contribution in [3.8, 4) is 5.75 Å². The molecule has 0 bridgehead atoms. The van der Waals surface area contributed by atoms with Crippen molar-refractivity contribution in [1.82, 2.24) is 10.2 Å². The Morgan fingerprint density at radius 1 is 1.20 bits per heavy atom. The SMILES string of the molecule is C[C@H](CNC(=O)COc1ccc(Br)cc1)N1CCc2ccccc2C1. The van der Waals surface area contributed by atoms with Crippen molar-refractivity contribution >= 4 is 21.8 Å². The Kier molecular flexibility index (Phi) is 6.10. The third-order valence-corrected chi connectivity index (χ3v) is 5.09. The minimum absolute atomic E-state index is 0.0389. The van der Waals surface area contributed by atoms with Crippen molar-refractivity contribution in [2.75, 3.05) is 19.7 Å². The number of hydrogen-bond acceptors (Lipinski definition) is 3. The largest absolute Gasteiger partial charge is 0.484 e. The van der Waals surface area contributed by atoms with Gasteiger partial charge in [-0.25, -0.2) is 0 Å². The van der Waals surface area contributed by atoms with E-state index in [9.17, 15) is 4.79 Å². The molecule has 0 saturated heterocycles. The average molecular weight is 403 g/mol. The lowest BCUT2D eigenvalue weighted by molar-refractivity contribution is -0.123. The normalized spacial score (nSPS) is 15.3. The van der Waals surface area contributed by atoms with E-state index in [2.05, 4.69) is 57.3 Å². The van der Waals surface area contributed by atoms with E-state index >= 15 is 0 Å². The number of carbonyl (C=O) groups excluding carboxylic acids is 1. The molecule has 1 atom stereocenters. The molecule has 1 heterocycles. The number of hydrogen-bond donors (Lipinski definition) is 1. The highest BCUT2D eigenvalue weighted by atomic mass is 79.9. The number of nitrogens with zero attached hydrogens (tertiary/aromatic N) is 1. The van der Waals surface area contributed by atoms with Gasteiger partial charge in [0, 0.05) is 30.1 Å². The maximum atomic E-state index is 12.0. The van der Waals surface area contributed by atoms with E-state index in [0.29, 0.717) is 18.3 Å². The molecule has 0 unspecified atom stereocenters. The predicted octanol–water partition coefficient (Wildman–Crippen LogP) is 3.39. The summed E-state index contributed by atoms with van der Waals surface area (Å²) in [5, 5.41) is 2.97. The zero-order valence-electron chi connectivity index (χ0n) is 14.4. The number of ether oxygens (including phenoxy) is 1. The molecule has 0 radical (unpaired) electrons. The van der Waals surface area contributed by atoms with Crippen LogP contribution in [0, 0.1) is 0 Å². The first-order valence-electron chi connectivity index (χ1n) is 8.58. The predicted molar refractivity (Wildman–Crippen MR) is 103 cm³/mol. The van der Waals surface area contributed by atoms with Gasteiger partial charge in [0.05, 0.1) is 0 Å². The van der Waals surface area contributed by atoms with E-state index < -0.39 is 0 Å². The van der Waals surface area contributed by atoms with Crippen LogP contribution in [0.25, 0.3) is 0 Å². The molecule has 0 fully saturated rings. The molecule has 3 rings (SSSR count). The summed E-state index contributed by atoms with van der Waals surface area (Å²) in [5.41, 5.74) is 2.84. The van der Waals surface area contributed by atoms with Crippen LogP contribution in [0.2, 0.25) is 0 Å². The van der Waals surface area contributed by atoms with Gasteiger partial charge in [-0.1, -0.05) is 40.2 Å². The first-order chi connectivity index (χ1) is 12.1. The monoisotopic (exact) mass is 402 g/mol. The molecule has 1 amide bonds. The van der Waals surface area contributed by atoms with Crippen LogP contribution < -0.4 is 10.1 Å². The molecule has 2 aromatic rings. The molecule has 0 saturated carbocycles. The topological polar surface area (TPSA) is 41.6 Å². The molecule has 1 N–H and O–H groups in total. The number of benzene rings is 2. The lowest BCUT2D eigenvalue weighted by Crippen LogP contribution is -2.45. The minimum Gasteiger partial charge on any atom is -0.484 e. The summed E-state index contributed by atoms with van der Waals surface area (Å²) in [4.78, 5) is 14.4. The zero-order chi connectivity index (χ0) is 17.6. The summed E-state index contributed by atoms with van der Waals surface area (Å²) in [6.45, 7) is 4.80. The van der Waals surface area contributed by atoms with Crippen LogP contribution in [0.15, 0.2) is 53.0 Å². The Hall–Kier alpha value is -1.85. The molecule has 132 valence electrons. The molecule has 1 aliphatic heterocycles. The van der Waals surface area contributed by atoms with Crippen molar-refractivity contribution in [3.63, 3.8) is 0 Å². The number of fused-ring (bicyclic) bond motifs is 1. The van der Waals surface area contributed by atoms with Crippen LogP contribution in [0.3, 0.4) is 0 Å². The molecule has 2 aromatic carbocycles. The number of amides is 1. The highest BCUT2D eigenvalue weighted by Crippen LogP contribution is 2.20. The lowest BCUT2D eigenvalue weighted by atomic mass is 9.99. The lowest BCUT2D eigenvalue weighted by Gasteiger charge is -2.33. The third kappa shape index (κ3) is 5.06. The first-order valence-corrected chi connectivity index (χ1v) is 9.37. The fourth-order valence-corrected chi connectivity index (χ4v) is 3.28. The van der Waals surface area contributed by atoms with E-state index in [0.717, 1.165) is 24.0 Å². The van der Waals surface area contributed by atoms with E-state index in [1.54, 1.807) is 0 Å². The number of carbonyl (C=O) groups is 1. The Labute approximate surface area is 157 Å². The van der Waals surface area contributed by atoms with Gasteiger partial charge in [-0.05, 0) is 48.7 Å². The van der Waals surface area contributed by atoms with Gasteiger partial charge in [-0.3, -0.25) is 9.69 Å². The third-order valence-electron chi connectivity index (χ3n) is 4.56. The fourth-order valence-electron chi connectivity index (χ4n) is 3.02. The smallest absolute Gasteiger partial charge is 0.257 e. The maximum absolute atomic E-state index is 12.0. The summed E-state index contributed by atoms with van der Waals surface area (Å²) in [7, 11) is 0. The second kappa shape index (κ2) is 8.50. The van der Waals surface area contributed by atoms with Gasteiger partial charge in [0.25, 0.3) is 5.91 Å². The van der Waals surface area contributed by atoms with Crippen LogP contribution in [-0.4, -0.2) is 36.5 Å². The van der Waals surface area contributed by atoms with Crippen molar-refractivity contribution in [1.29, 1.82) is 0 Å². The maximum Gasteiger partial charge on any atom is 0.257 e. The molecule has 0 spiro atoms. The summed E-state index contributed by atoms with van der Waals surface area (Å²) in [6, 6.07) is 16.4. The molecule has 4 nitrogen and oxygen atoms in total. The Morgan fingerprint density at radius 3 is 2.68 bits per heavy atom. The van der Waals surface area contributed by atoms with Gasteiger partial charge in [-0.2, -0.15) is 0 Å². The van der Waals surface area contributed by atoms with Gasteiger partial charge in [0.2, 0.25) is 0 Å². The molecule has 0 aromatic heterocycles. The van der Waals surface area contributed by atoms with E-state index in [-0.39, 0.29) is 12.5 Å². The van der Waals surface area contributed by atoms with Gasteiger partial charge in [-0.15, -0.1) is 0 Å². The van der Waals surface area contributed by atoms with Crippen molar-refractivity contribution in [2.45, 2.75) is 25.9 Å². The van der Waals surface area contributed by atoms with Crippen LogP contribution in [-0.2, 0) is 17.8 Å². The number of halogens is 1. The second-order valence-corrected chi connectivity index (χ2v) is 7.30. The Morgan fingerprint density at radius 2 is 1.92 bits per heavy atom. The molecule has 5 heteroatoms. The fraction of sp³-hybridized carbons (Fsp3) is 0.350. The summed E-state index contributed by atoms with van der Waals surface area (Å²) < 4.78 is 6.49. The molecule has 0 aliphatic carbocycles. The highest BCUT2D eigenvalue weighted by molar-refractivity contribution is 9.10. The minimum atomic E-state index is -0.0906. The average Bonchev–Trinajstić information content (AvgIpc) is 2.65. The van der Waals surface area contributed by atoms with Crippen LogP contribution in [0.4, 0.5) is 0 Å². The zero-order valence-corrected chi connectivity index (χ0v) is 16.0. The van der Waals surface area contributed by atoms with E-state index in [1.165, 1.54) is 11.1 Å². The van der Waals surface area contributed by atoms with Gasteiger partial charge in [0.15, 0.2) is 6.61 Å².